The van der Waals surface area contributed by atoms with Gasteiger partial charge in [0.15, 0.2) is 0 Å². The lowest BCUT2D eigenvalue weighted by Crippen LogP contribution is -1.70. The summed E-state index contributed by atoms with van der Waals surface area (Å²) in [7, 11) is 0. The van der Waals surface area contributed by atoms with Crippen molar-refractivity contribution in [3.63, 3.8) is 0 Å². The van der Waals surface area contributed by atoms with E-state index in [9.17, 15) is 0 Å². The Kier molecular flexibility index (Phi) is 2.70. The maximum Gasteiger partial charge on any atom is 0.0620 e. The highest BCUT2D eigenvalue weighted by molar-refractivity contribution is 6.92. The number of rotatable bonds is 0. The van der Waals surface area contributed by atoms with Crippen LogP contribution in [0, 0.1) is 13.8 Å². The molecule has 0 aliphatic rings. The van der Waals surface area contributed by atoms with E-state index in [1.165, 1.54) is 5.56 Å². The zero-order chi connectivity index (χ0) is 5.28. The molecule has 2 nitrogen and oxygen atoms in total. The molecule has 0 saturated carbocycles. The Hall–Kier alpha value is -0.360. The summed E-state index contributed by atoms with van der Waals surface area (Å²) >= 11 is 0. The van der Waals surface area contributed by atoms with Crippen LogP contribution in [0.1, 0.15) is 11.3 Å². The number of aromatic nitrogens is 2. The van der Waals surface area contributed by atoms with Crippen LogP contribution in [0.2, 0.25) is 0 Å². The third-order valence-corrected chi connectivity index (χ3v) is 1.08. The minimum Gasteiger partial charge on any atom is -0.285 e. The van der Waals surface area contributed by atoms with Crippen LogP contribution >= 0.6 is 9.90 Å². The molecular formula is C5H11N2P. The summed E-state index contributed by atoms with van der Waals surface area (Å²) in [6.45, 7) is 4.00. The molecule has 1 aromatic heterocycles. The lowest BCUT2D eigenvalue weighted by atomic mass is 10.3. The molecule has 0 bridgehead atoms. The van der Waals surface area contributed by atoms with Gasteiger partial charge in [-0.15, -0.1) is 0 Å². The first-order valence-electron chi connectivity index (χ1n) is 2.27. The van der Waals surface area contributed by atoms with E-state index in [0.29, 0.717) is 0 Å². The van der Waals surface area contributed by atoms with Crippen LogP contribution < -0.4 is 0 Å². The van der Waals surface area contributed by atoms with Crippen LogP contribution in [0.3, 0.4) is 0 Å². The van der Waals surface area contributed by atoms with Crippen molar-refractivity contribution in [2.24, 2.45) is 0 Å². The van der Waals surface area contributed by atoms with E-state index < -0.39 is 0 Å². The van der Waals surface area contributed by atoms with Crippen LogP contribution in [-0.4, -0.2) is 10.2 Å². The molecule has 1 rings (SSSR count). The first-order chi connectivity index (χ1) is 3.30. The van der Waals surface area contributed by atoms with Gasteiger partial charge in [-0.3, -0.25) is 5.10 Å². The molecule has 0 aliphatic heterocycles. The maximum atomic E-state index is 3.89. The summed E-state index contributed by atoms with van der Waals surface area (Å²) in [6, 6.07) is 0. The molecule has 0 spiro atoms. The fraction of sp³-hybridized carbons (Fsp3) is 0.400. The van der Waals surface area contributed by atoms with Crippen molar-refractivity contribution in [1.82, 2.24) is 10.2 Å². The fourth-order valence-corrected chi connectivity index (χ4v) is 0.419. The molecule has 1 heterocycles. The summed E-state index contributed by atoms with van der Waals surface area (Å²) in [5.74, 6) is 0. The van der Waals surface area contributed by atoms with Crippen molar-refractivity contribution in [2.75, 3.05) is 0 Å². The van der Waals surface area contributed by atoms with E-state index in [-0.39, 0.29) is 9.90 Å². The Balaban J connectivity index is 0.000000490. The molecule has 1 aromatic rings. The quantitative estimate of drug-likeness (QED) is 0.523. The fourth-order valence-electron chi connectivity index (χ4n) is 0.419. The number of H-pyrrole nitrogens is 1. The van der Waals surface area contributed by atoms with Gasteiger partial charge in [0, 0.05) is 6.20 Å². The molecule has 1 atom stereocenters. The second kappa shape index (κ2) is 2.83. The van der Waals surface area contributed by atoms with E-state index >= 15 is 0 Å². The van der Waals surface area contributed by atoms with Crippen molar-refractivity contribution in [3.8, 4) is 0 Å². The summed E-state index contributed by atoms with van der Waals surface area (Å²) in [6.07, 6.45) is 1.88. The Morgan fingerprint density at radius 2 is 2.12 bits per heavy atom. The van der Waals surface area contributed by atoms with Crippen molar-refractivity contribution in [3.05, 3.63) is 17.5 Å². The zero-order valence-corrected chi connectivity index (χ0v) is 6.65. The van der Waals surface area contributed by atoms with Crippen molar-refractivity contribution in [1.29, 1.82) is 0 Å². The number of nitrogens with zero attached hydrogens (tertiary/aromatic N) is 1. The number of aryl methyl sites for hydroxylation is 2. The van der Waals surface area contributed by atoms with E-state index in [2.05, 4.69) is 10.2 Å². The Labute approximate surface area is 52.3 Å². The molecule has 0 amide bonds. The third kappa shape index (κ3) is 1.31. The molecule has 8 heavy (non-hydrogen) atoms. The van der Waals surface area contributed by atoms with E-state index in [1.54, 1.807) is 0 Å². The predicted molar refractivity (Wildman–Crippen MR) is 39.2 cm³/mol. The van der Waals surface area contributed by atoms with Gasteiger partial charge in [-0.2, -0.15) is 15.0 Å². The second-order valence-corrected chi connectivity index (χ2v) is 1.65. The van der Waals surface area contributed by atoms with Gasteiger partial charge in [-0.05, 0) is 19.4 Å². The number of hydrogen-bond acceptors (Lipinski definition) is 1. The standard InChI is InChI=1S/C5H8N2.H3P/c1-4-3-6-7-5(4)2;/h3H,1-2H3,(H,6,7);1H3. The molecule has 0 radical (unpaired) electrons. The molecule has 0 aliphatic carbocycles. The third-order valence-electron chi connectivity index (χ3n) is 1.08. The zero-order valence-electron chi connectivity index (χ0n) is 5.23. The maximum absolute atomic E-state index is 3.89. The molecular weight excluding hydrogens is 119 g/mol. The van der Waals surface area contributed by atoms with Gasteiger partial charge in [0.05, 0.1) is 5.69 Å². The molecule has 46 valence electrons. The summed E-state index contributed by atoms with van der Waals surface area (Å²) < 4.78 is 0. The van der Waals surface area contributed by atoms with Crippen LogP contribution in [0.25, 0.3) is 0 Å². The molecule has 1 unspecified atom stereocenters. The highest BCUT2D eigenvalue weighted by Gasteiger charge is 1.87. The van der Waals surface area contributed by atoms with Gasteiger partial charge >= 0.3 is 0 Å². The van der Waals surface area contributed by atoms with Gasteiger partial charge in [-0.25, -0.2) is 0 Å². The summed E-state index contributed by atoms with van der Waals surface area (Å²) in [5, 5.41) is 6.64. The Morgan fingerprint density at radius 1 is 1.50 bits per heavy atom. The van der Waals surface area contributed by atoms with Crippen molar-refractivity contribution in [2.45, 2.75) is 13.8 Å². The van der Waals surface area contributed by atoms with Crippen LogP contribution in [0.4, 0.5) is 0 Å². The summed E-state index contributed by atoms with van der Waals surface area (Å²) in [4.78, 5) is 0. The normalized spacial score (nSPS) is 8.25. The molecule has 1 N–H and O–H groups in total. The van der Waals surface area contributed by atoms with Gasteiger partial charge in [-0.1, -0.05) is 0 Å². The Morgan fingerprint density at radius 3 is 2.25 bits per heavy atom. The van der Waals surface area contributed by atoms with Crippen molar-refractivity contribution >= 4 is 9.90 Å². The van der Waals surface area contributed by atoms with E-state index in [1.807, 2.05) is 20.0 Å². The van der Waals surface area contributed by atoms with Crippen LogP contribution in [0.5, 0.6) is 0 Å². The number of aromatic amines is 1. The average Bonchev–Trinajstić information content (AvgIpc) is 1.91. The predicted octanol–water partition coefficient (Wildman–Crippen LogP) is 1.08. The van der Waals surface area contributed by atoms with Gasteiger partial charge in [0.1, 0.15) is 0 Å². The Bertz CT molecular complexity index is 143. The van der Waals surface area contributed by atoms with E-state index in [4.69, 9.17) is 0 Å². The minimum absolute atomic E-state index is 0. The monoisotopic (exact) mass is 130 g/mol. The first kappa shape index (κ1) is 7.64. The lowest BCUT2D eigenvalue weighted by Gasteiger charge is -1.76. The SMILES string of the molecule is Cc1c[nH]nc1C.P. The van der Waals surface area contributed by atoms with Gasteiger partial charge in [0.2, 0.25) is 0 Å². The molecule has 0 saturated heterocycles. The molecule has 3 heteroatoms. The smallest absolute Gasteiger partial charge is 0.0620 e. The summed E-state index contributed by atoms with van der Waals surface area (Å²) in [5.41, 5.74) is 2.31. The second-order valence-electron chi connectivity index (χ2n) is 1.65. The topological polar surface area (TPSA) is 28.7 Å². The average molecular weight is 130 g/mol. The van der Waals surface area contributed by atoms with Crippen LogP contribution in [0.15, 0.2) is 6.20 Å². The number of nitrogens with one attached hydrogen (secondary N) is 1. The molecule has 0 aromatic carbocycles. The molecule has 0 fully saturated rings. The minimum atomic E-state index is 0. The van der Waals surface area contributed by atoms with Gasteiger partial charge < -0.3 is 0 Å². The van der Waals surface area contributed by atoms with Gasteiger partial charge in [0.25, 0.3) is 0 Å². The largest absolute Gasteiger partial charge is 0.285 e. The highest BCUT2D eigenvalue weighted by atomic mass is 31.0. The highest BCUT2D eigenvalue weighted by Crippen LogP contribution is 1.96. The first-order valence-corrected chi connectivity index (χ1v) is 2.27. The lowest BCUT2D eigenvalue weighted by molar-refractivity contribution is 1.04. The van der Waals surface area contributed by atoms with Crippen molar-refractivity contribution < 1.29 is 0 Å². The van der Waals surface area contributed by atoms with Crippen LogP contribution in [-0.2, 0) is 0 Å². The van der Waals surface area contributed by atoms with E-state index in [0.717, 1.165) is 5.69 Å². The number of hydrogen-bond donors (Lipinski definition) is 1.